The second kappa shape index (κ2) is 5.58. The molecule has 1 atom stereocenters. The van der Waals surface area contributed by atoms with Gasteiger partial charge in [0.05, 0.1) is 6.54 Å². The van der Waals surface area contributed by atoms with E-state index in [0.717, 1.165) is 23.3 Å². The van der Waals surface area contributed by atoms with Gasteiger partial charge in [-0.15, -0.1) is 0 Å². The van der Waals surface area contributed by atoms with Crippen molar-refractivity contribution in [1.29, 1.82) is 0 Å². The van der Waals surface area contributed by atoms with Crippen LogP contribution in [0.25, 0.3) is 0 Å². The van der Waals surface area contributed by atoms with Crippen LogP contribution in [0, 0.1) is 12.8 Å². The van der Waals surface area contributed by atoms with Gasteiger partial charge >= 0.3 is 0 Å². The van der Waals surface area contributed by atoms with Crippen LogP contribution in [0.4, 0.5) is 5.69 Å². The molecule has 2 nitrogen and oxygen atoms in total. The lowest BCUT2D eigenvalue weighted by atomic mass is 10.1. The third-order valence-corrected chi connectivity index (χ3v) is 3.88. The quantitative estimate of drug-likeness (QED) is 0.876. The normalized spacial score (nSPS) is 19.5. The van der Waals surface area contributed by atoms with Gasteiger partial charge in [-0.2, -0.15) is 0 Å². The molecule has 0 spiro atoms. The second-order valence-electron chi connectivity index (χ2n) is 5.01. The number of benzene rings is 1. The first-order valence-corrected chi connectivity index (χ1v) is 7.06. The maximum atomic E-state index is 4.56. The first-order chi connectivity index (χ1) is 8.13. The summed E-state index contributed by atoms with van der Waals surface area (Å²) in [6, 6.07) is 8.45. The van der Waals surface area contributed by atoms with Gasteiger partial charge in [0.15, 0.2) is 5.17 Å². The lowest BCUT2D eigenvalue weighted by Crippen LogP contribution is -2.09. The van der Waals surface area contributed by atoms with E-state index in [-0.39, 0.29) is 0 Å². The average Bonchev–Trinajstić information content (AvgIpc) is 2.68. The van der Waals surface area contributed by atoms with Crippen molar-refractivity contribution in [2.24, 2.45) is 10.9 Å². The fourth-order valence-corrected chi connectivity index (χ4v) is 3.17. The molecule has 0 amide bonds. The molecule has 0 saturated heterocycles. The second-order valence-corrected chi connectivity index (χ2v) is 6.30. The highest BCUT2D eigenvalue weighted by Crippen LogP contribution is 2.27. The van der Waals surface area contributed by atoms with E-state index in [1.54, 1.807) is 0 Å². The highest BCUT2D eigenvalue weighted by molar-refractivity contribution is 8.15. The fraction of sp³-hybridized carbons (Fsp3) is 0.500. The van der Waals surface area contributed by atoms with E-state index in [9.17, 15) is 0 Å². The number of anilines is 1. The minimum atomic E-state index is 0.656. The van der Waals surface area contributed by atoms with Crippen molar-refractivity contribution >= 4 is 22.6 Å². The van der Waals surface area contributed by atoms with E-state index in [4.69, 9.17) is 0 Å². The van der Waals surface area contributed by atoms with Crippen LogP contribution >= 0.6 is 11.8 Å². The Morgan fingerprint density at radius 1 is 1.35 bits per heavy atom. The molecule has 0 aromatic heterocycles. The van der Waals surface area contributed by atoms with Crippen molar-refractivity contribution in [3.05, 3.63) is 29.8 Å². The smallest absolute Gasteiger partial charge is 0.161 e. The standard InChI is InChI=1S/C14H20N2S/c1-10(2)8-13-9-15-14(17-13)16-12-6-4-11(3)5-7-12/h4-7,10,13H,8-9H2,1-3H3,(H,15,16). The molecule has 1 aliphatic rings. The zero-order valence-electron chi connectivity index (χ0n) is 10.7. The molecule has 92 valence electrons. The highest BCUT2D eigenvalue weighted by atomic mass is 32.2. The minimum Gasteiger partial charge on any atom is -0.335 e. The van der Waals surface area contributed by atoms with Gasteiger partial charge in [-0.1, -0.05) is 43.3 Å². The van der Waals surface area contributed by atoms with Crippen LogP contribution < -0.4 is 5.32 Å². The van der Waals surface area contributed by atoms with Gasteiger partial charge in [0.2, 0.25) is 0 Å². The van der Waals surface area contributed by atoms with Crippen LogP contribution in [-0.2, 0) is 0 Å². The van der Waals surface area contributed by atoms with Crippen LogP contribution in [0.15, 0.2) is 29.3 Å². The number of hydrogen-bond acceptors (Lipinski definition) is 3. The number of aliphatic imine (C=N–C) groups is 1. The Kier molecular flexibility index (Phi) is 4.11. The van der Waals surface area contributed by atoms with Crippen molar-refractivity contribution in [1.82, 2.24) is 0 Å². The highest BCUT2D eigenvalue weighted by Gasteiger charge is 2.20. The molecule has 1 aromatic rings. The Balaban J connectivity index is 1.87. The van der Waals surface area contributed by atoms with Gasteiger partial charge in [0.25, 0.3) is 0 Å². The molecule has 17 heavy (non-hydrogen) atoms. The molecule has 0 aliphatic carbocycles. The number of nitrogens with zero attached hydrogens (tertiary/aromatic N) is 1. The Bertz CT molecular complexity index is 395. The summed E-state index contributed by atoms with van der Waals surface area (Å²) in [5.41, 5.74) is 2.42. The summed E-state index contributed by atoms with van der Waals surface area (Å²) >= 11 is 1.88. The van der Waals surface area contributed by atoms with Crippen LogP contribution in [0.3, 0.4) is 0 Å². The van der Waals surface area contributed by atoms with Crippen LogP contribution in [0.5, 0.6) is 0 Å². The molecule has 1 heterocycles. The summed E-state index contributed by atoms with van der Waals surface area (Å²) in [5.74, 6) is 0.751. The van der Waals surface area contributed by atoms with E-state index >= 15 is 0 Å². The Labute approximate surface area is 108 Å². The fourth-order valence-electron chi connectivity index (χ4n) is 1.89. The summed E-state index contributed by atoms with van der Waals surface area (Å²) in [5, 5.41) is 5.11. The molecule has 0 bridgehead atoms. The van der Waals surface area contributed by atoms with Crippen molar-refractivity contribution in [3.63, 3.8) is 0 Å². The van der Waals surface area contributed by atoms with Gasteiger partial charge in [-0.05, 0) is 31.4 Å². The number of rotatable bonds is 3. The van der Waals surface area contributed by atoms with Crippen LogP contribution in [0.2, 0.25) is 0 Å². The summed E-state index contributed by atoms with van der Waals surface area (Å²) < 4.78 is 0. The lowest BCUT2D eigenvalue weighted by molar-refractivity contribution is 0.575. The average molecular weight is 248 g/mol. The Morgan fingerprint density at radius 2 is 2.06 bits per heavy atom. The van der Waals surface area contributed by atoms with Gasteiger partial charge < -0.3 is 5.32 Å². The van der Waals surface area contributed by atoms with E-state index in [1.165, 1.54) is 12.0 Å². The zero-order valence-corrected chi connectivity index (χ0v) is 11.6. The number of hydrogen-bond donors (Lipinski definition) is 1. The van der Waals surface area contributed by atoms with Gasteiger partial charge in [-0.3, -0.25) is 4.99 Å². The molecule has 1 aliphatic heterocycles. The van der Waals surface area contributed by atoms with Crippen molar-refractivity contribution in [2.75, 3.05) is 11.9 Å². The summed E-state index contributed by atoms with van der Waals surface area (Å²) in [6.07, 6.45) is 1.24. The molecule has 3 heteroatoms. The Hall–Kier alpha value is -0.960. The molecule has 0 saturated carbocycles. The predicted octanol–water partition coefficient (Wildman–Crippen LogP) is 3.92. The number of thioether (sulfide) groups is 1. The van der Waals surface area contributed by atoms with Gasteiger partial charge in [0.1, 0.15) is 0 Å². The first kappa shape index (κ1) is 12.5. The molecule has 0 fully saturated rings. The van der Waals surface area contributed by atoms with E-state index in [2.05, 4.69) is 55.3 Å². The largest absolute Gasteiger partial charge is 0.335 e. The van der Waals surface area contributed by atoms with Crippen LogP contribution in [0.1, 0.15) is 25.8 Å². The molecule has 0 radical (unpaired) electrons. The molecule has 1 N–H and O–H groups in total. The number of nitrogens with one attached hydrogen (secondary N) is 1. The van der Waals surface area contributed by atoms with E-state index < -0.39 is 0 Å². The monoisotopic (exact) mass is 248 g/mol. The maximum Gasteiger partial charge on any atom is 0.161 e. The molecular weight excluding hydrogens is 228 g/mol. The topological polar surface area (TPSA) is 24.4 Å². The summed E-state index contributed by atoms with van der Waals surface area (Å²) in [7, 11) is 0. The molecular formula is C14H20N2S. The summed E-state index contributed by atoms with van der Waals surface area (Å²) in [6.45, 7) is 7.60. The molecule has 1 aromatic carbocycles. The van der Waals surface area contributed by atoms with E-state index in [0.29, 0.717) is 5.25 Å². The first-order valence-electron chi connectivity index (χ1n) is 6.18. The van der Waals surface area contributed by atoms with Gasteiger partial charge in [0, 0.05) is 10.9 Å². The predicted molar refractivity (Wildman–Crippen MR) is 77.9 cm³/mol. The molecule has 1 unspecified atom stereocenters. The zero-order chi connectivity index (χ0) is 12.3. The van der Waals surface area contributed by atoms with E-state index in [1.807, 2.05) is 11.8 Å². The third-order valence-electron chi connectivity index (χ3n) is 2.75. The van der Waals surface area contributed by atoms with Crippen molar-refractivity contribution in [3.8, 4) is 0 Å². The number of aryl methyl sites for hydroxylation is 1. The van der Waals surface area contributed by atoms with Crippen molar-refractivity contribution < 1.29 is 0 Å². The van der Waals surface area contributed by atoms with Crippen molar-refractivity contribution in [2.45, 2.75) is 32.4 Å². The summed E-state index contributed by atoms with van der Waals surface area (Å²) in [4.78, 5) is 4.56. The van der Waals surface area contributed by atoms with Crippen LogP contribution in [-0.4, -0.2) is 17.0 Å². The van der Waals surface area contributed by atoms with Gasteiger partial charge in [-0.25, -0.2) is 0 Å². The lowest BCUT2D eigenvalue weighted by Gasteiger charge is -2.11. The minimum absolute atomic E-state index is 0.656. The SMILES string of the molecule is Cc1ccc(NC2=NCC(CC(C)C)S2)cc1. The molecule has 2 rings (SSSR count). The Morgan fingerprint density at radius 3 is 2.71 bits per heavy atom. The maximum absolute atomic E-state index is 4.56. The third kappa shape index (κ3) is 3.77. The number of amidine groups is 1.